The van der Waals surface area contributed by atoms with Crippen LogP contribution in [0.15, 0.2) is 40.6 Å². The lowest BCUT2D eigenvalue weighted by atomic mass is 9.98. The number of alkyl halides is 2. The molecule has 0 spiro atoms. The summed E-state index contributed by atoms with van der Waals surface area (Å²) in [7, 11) is -3.41. The van der Waals surface area contributed by atoms with Crippen molar-refractivity contribution in [2.75, 3.05) is 18.2 Å². The van der Waals surface area contributed by atoms with Gasteiger partial charge in [0.1, 0.15) is 18.4 Å². The molecule has 1 aromatic carbocycles. The van der Waals surface area contributed by atoms with E-state index >= 15 is 0 Å². The number of nitrogens with one attached hydrogen (secondary N) is 1. The van der Waals surface area contributed by atoms with Crippen LogP contribution in [0, 0.1) is 5.92 Å². The van der Waals surface area contributed by atoms with Crippen molar-refractivity contribution >= 4 is 37.8 Å². The average Bonchev–Trinajstić information content (AvgIpc) is 3.44. The van der Waals surface area contributed by atoms with Gasteiger partial charge in [0.15, 0.2) is 20.8 Å². The zero-order chi connectivity index (χ0) is 24.7. The van der Waals surface area contributed by atoms with E-state index in [4.69, 9.17) is 9.47 Å². The predicted octanol–water partition coefficient (Wildman–Crippen LogP) is 4.48. The van der Waals surface area contributed by atoms with Gasteiger partial charge in [-0.1, -0.05) is 18.2 Å². The number of ether oxygens (including phenoxy) is 2. The van der Waals surface area contributed by atoms with Gasteiger partial charge < -0.3 is 9.47 Å². The Balaban J connectivity index is 1.57. The molecule has 1 amide bonds. The Kier molecular flexibility index (Phi) is 6.92. The normalized spacial score (nSPS) is 27.1. The Morgan fingerprint density at radius 2 is 1.85 bits per heavy atom. The van der Waals surface area contributed by atoms with Crippen molar-refractivity contribution in [1.82, 2.24) is 4.98 Å². The number of allylic oxidation sites excluding steroid dienone is 1. The third-order valence-corrected chi connectivity index (χ3v) is 7.67. The van der Waals surface area contributed by atoms with E-state index in [1.165, 1.54) is 35.6 Å². The summed E-state index contributed by atoms with van der Waals surface area (Å²) in [6.07, 6.45) is -0.882. The molecule has 34 heavy (non-hydrogen) atoms. The minimum atomic E-state index is -3.41. The van der Waals surface area contributed by atoms with Gasteiger partial charge >= 0.3 is 0 Å². The molecule has 11 heteroatoms. The van der Waals surface area contributed by atoms with Gasteiger partial charge in [-0.25, -0.2) is 22.2 Å². The lowest BCUT2D eigenvalue weighted by Crippen LogP contribution is -2.19. The number of anilines is 1. The summed E-state index contributed by atoms with van der Waals surface area (Å²) in [5.74, 6) is -1.68. The van der Waals surface area contributed by atoms with Crippen LogP contribution in [0.25, 0.3) is 5.57 Å². The first kappa shape index (κ1) is 24.9. The second-order valence-corrected chi connectivity index (χ2v) is 11.9. The van der Waals surface area contributed by atoms with Gasteiger partial charge in [-0.05, 0) is 50.3 Å². The third kappa shape index (κ3) is 5.70. The van der Waals surface area contributed by atoms with Crippen LogP contribution in [0.3, 0.4) is 0 Å². The number of amides is 1. The van der Waals surface area contributed by atoms with Crippen molar-refractivity contribution in [2.45, 2.75) is 55.8 Å². The average molecular weight is 513 g/mol. The number of nitrogens with zero attached hydrogens (tertiary/aromatic N) is 1. The number of sulfone groups is 1. The Labute approximate surface area is 201 Å². The van der Waals surface area contributed by atoms with Crippen LogP contribution in [0.1, 0.15) is 44.1 Å². The van der Waals surface area contributed by atoms with Gasteiger partial charge in [0.2, 0.25) is 0 Å². The van der Waals surface area contributed by atoms with Crippen molar-refractivity contribution in [3.63, 3.8) is 0 Å². The molecule has 2 aromatic rings. The van der Waals surface area contributed by atoms with Crippen molar-refractivity contribution in [3.05, 3.63) is 47.0 Å². The fourth-order valence-corrected chi connectivity index (χ4v) is 5.39. The number of halogens is 2. The van der Waals surface area contributed by atoms with E-state index in [1.54, 1.807) is 25.3 Å². The smallest absolute Gasteiger partial charge is 0.257 e. The molecular formula is C23H26F2N2O5S2. The van der Waals surface area contributed by atoms with E-state index in [9.17, 15) is 22.0 Å². The van der Waals surface area contributed by atoms with Crippen molar-refractivity contribution in [2.24, 2.45) is 5.92 Å². The molecule has 0 radical (unpaired) electrons. The lowest BCUT2D eigenvalue weighted by Gasteiger charge is -2.16. The van der Waals surface area contributed by atoms with Gasteiger partial charge in [-0.2, -0.15) is 0 Å². The molecule has 4 atom stereocenters. The quantitative estimate of drug-likeness (QED) is 0.574. The molecule has 2 fully saturated rings. The van der Waals surface area contributed by atoms with Gasteiger partial charge in [-0.15, -0.1) is 11.3 Å². The maximum Gasteiger partial charge on any atom is 0.257 e. The number of carbonyl (C=O) groups excluding carboxylic acids is 1. The third-order valence-electron chi connectivity index (χ3n) is 5.77. The van der Waals surface area contributed by atoms with Crippen LogP contribution in [0.5, 0.6) is 0 Å². The molecular weight excluding hydrogens is 486 g/mol. The topological polar surface area (TPSA) is 94.6 Å². The highest BCUT2D eigenvalue weighted by molar-refractivity contribution is 7.90. The maximum atomic E-state index is 13.8. The molecule has 1 saturated heterocycles. The molecule has 1 aliphatic carbocycles. The fourth-order valence-electron chi connectivity index (χ4n) is 4.02. The molecule has 4 rings (SSSR count). The summed E-state index contributed by atoms with van der Waals surface area (Å²) < 4.78 is 62.4. The zero-order valence-electron chi connectivity index (χ0n) is 19.0. The number of thiazole rings is 1. The molecule has 1 saturated carbocycles. The fraction of sp³-hybridized carbons (Fsp3) is 0.478. The van der Waals surface area contributed by atoms with E-state index in [2.05, 4.69) is 10.3 Å². The van der Waals surface area contributed by atoms with Crippen molar-refractivity contribution < 1.29 is 31.5 Å². The SMILES string of the molecule is CC1(C)OC[C@@H](c2csc(NC(=O)/C(=C/C3C[C@@H](F)[C@@H](F)C3)c3ccc(S(C)(=O)=O)cc3)n2)O1. The number of hydrogen-bond donors (Lipinski definition) is 1. The molecule has 0 bridgehead atoms. The first-order valence-electron chi connectivity index (χ1n) is 10.8. The summed E-state index contributed by atoms with van der Waals surface area (Å²) in [5, 5.41) is 4.85. The number of rotatable bonds is 6. The molecule has 2 heterocycles. The predicted molar refractivity (Wildman–Crippen MR) is 125 cm³/mol. The largest absolute Gasteiger partial charge is 0.347 e. The van der Waals surface area contributed by atoms with Crippen LogP contribution in [-0.4, -0.2) is 50.3 Å². The van der Waals surface area contributed by atoms with E-state index in [-0.39, 0.29) is 29.4 Å². The Bertz CT molecular complexity index is 1180. The number of aromatic nitrogens is 1. The summed E-state index contributed by atoms with van der Waals surface area (Å²) >= 11 is 1.22. The number of benzene rings is 1. The highest BCUT2D eigenvalue weighted by Gasteiger charge is 2.36. The standard InChI is InChI=1S/C23H26F2N2O5S2/c1-23(2)31-11-20(32-23)19-12-33-22(26-19)27-21(28)16(8-13-9-17(24)18(25)10-13)14-4-6-15(7-5-14)34(3,29)30/h4-8,12-13,17-18,20H,9-11H2,1-3H3,(H,26,27,28)/b16-8+/t13?,17-,18+,20-/m0/s1. The number of carbonyl (C=O) groups is 1. The van der Waals surface area contributed by atoms with E-state index in [0.29, 0.717) is 23.0 Å². The highest BCUT2D eigenvalue weighted by Crippen LogP contribution is 2.36. The van der Waals surface area contributed by atoms with Crippen LogP contribution in [0.2, 0.25) is 0 Å². The summed E-state index contributed by atoms with van der Waals surface area (Å²) in [4.78, 5) is 17.7. The molecule has 2 aliphatic rings. The molecule has 1 unspecified atom stereocenters. The van der Waals surface area contributed by atoms with Gasteiger partial charge in [0, 0.05) is 17.2 Å². The second kappa shape index (κ2) is 9.44. The summed E-state index contributed by atoms with van der Waals surface area (Å²) in [6.45, 7) is 3.96. The highest BCUT2D eigenvalue weighted by atomic mass is 32.2. The summed E-state index contributed by atoms with van der Waals surface area (Å²) in [5.41, 5.74) is 1.27. The van der Waals surface area contributed by atoms with Crippen molar-refractivity contribution in [3.8, 4) is 0 Å². The van der Waals surface area contributed by atoms with Crippen LogP contribution < -0.4 is 5.32 Å². The zero-order valence-corrected chi connectivity index (χ0v) is 20.6. The molecule has 1 aliphatic heterocycles. The molecule has 1 N–H and O–H groups in total. The Hall–Kier alpha value is -2.21. The molecule has 1 aromatic heterocycles. The summed E-state index contributed by atoms with van der Waals surface area (Å²) in [6, 6.07) is 5.82. The van der Waals surface area contributed by atoms with Gasteiger partial charge in [-0.3, -0.25) is 10.1 Å². The number of hydrogen-bond acceptors (Lipinski definition) is 7. The minimum absolute atomic E-state index is 0.0183. The second-order valence-electron chi connectivity index (χ2n) is 8.99. The Morgan fingerprint density at radius 1 is 1.21 bits per heavy atom. The first-order chi connectivity index (χ1) is 15.9. The van der Waals surface area contributed by atoms with E-state index < -0.39 is 39.8 Å². The van der Waals surface area contributed by atoms with Crippen LogP contribution >= 0.6 is 11.3 Å². The molecule has 7 nitrogen and oxygen atoms in total. The molecule has 184 valence electrons. The van der Waals surface area contributed by atoms with Crippen molar-refractivity contribution in [1.29, 1.82) is 0 Å². The monoisotopic (exact) mass is 512 g/mol. The van der Waals surface area contributed by atoms with E-state index in [1.807, 2.05) is 0 Å². The van der Waals surface area contributed by atoms with Gasteiger partial charge in [0.25, 0.3) is 5.91 Å². The Morgan fingerprint density at radius 3 is 2.41 bits per heavy atom. The maximum absolute atomic E-state index is 13.8. The first-order valence-corrected chi connectivity index (χ1v) is 13.6. The van der Waals surface area contributed by atoms with E-state index in [0.717, 1.165) is 6.26 Å². The minimum Gasteiger partial charge on any atom is -0.347 e. The van der Waals surface area contributed by atoms with Crippen LogP contribution in [0.4, 0.5) is 13.9 Å². The van der Waals surface area contributed by atoms with Gasteiger partial charge in [0.05, 0.1) is 17.2 Å². The van der Waals surface area contributed by atoms with Crippen LogP contribution in [-0.2, 0) is 24.1 Å². The lowest BCUT2D eigenvalue weighted by molar-refractivity contribution is -0.139.